The van der Waals surface area contributed by atoms with Gasteiger partial charge < -0.3 is 14.7 Å². The van der Waals surface area contributed by atoms with E-state index in [-0.39, 0.29) is 18.9 Å². The minimum Gasteiger partial charge on any atom is -0.496 e. The van der Waals surface area contributed by atoms with E-state index in [4.69, 9.17) is 9.84 Å². The molecule has 1 rings (SSSR count). The largest absolute Gasteiger partial charge is 0.496 e. The van der Waals surface area contributed by atoms with Crippen LogP contribution in [0.5, 0.6) is 5.75 Å². The van der Waals surface area contributed by atoms with Gasteiger partial charge in [-0.2, -0.15) is 0 Å². The van der Waals surface area contributed by atoms with Crippen LogP contribution in [0.4, 0.5) is 0 Å². The maximum atomic E-state index is 12.1. The van der Waals surface area contributed by atoms with Crippen molar-refractivity contribution >= 4 is 27.8 Å². The van der Waals surface area contributed by atoms with E-state index in [0.717, 1.165) is 15.8 Å². The van der Waals surface area contributed by atoms with E-state index in [1.165, 1.54) is 0 Å². The smallest absolute Gasteiger partial charge is 0.305 e. The summed E-state index contributed by atoms with van der Waals surface area (Å²) in [6, 6.07) is 5.70. The van der Waals surface area contributed by atoms with Crippen molar-refractivity contribution in [2.24, 2.45) is 0 Å². The quantitative estimate of drug-likeness (QED) is 0.776. The van der Waals surface area contributed by atoms with Crippen LogP contribution in [0.2, 0.25) is 0 Å². The minimum absolute atomic E-state index is 0.0202. The molecule has 1 amide bonds. The molecule has 6 heteroatoms. The highest BCUT2D eigenvalue weighted by atomic mass is 79.9. The topological polar surface area (TPSA) is 66.8 Å². The number of methoxy groups -OCH3 is 1. The summed E-state index contributed by atoms with van der Waals surface area (Å²) in [5.74, 6) is -0.159. The maximum absolute atomic E-state index is 12.1. The summed E-state index contributed by atoms with van der Waals surface area (Å²) < 4.78 is 6.01. The predicted molar refractivity (Wildman–Crippen MR) is 83.5 cm³/mol. The van der Waals surface area contributed by atoms with Crippen LogP contribution in [-0.2, 0) is 16.0 Å². The van der Waals surface area contributed by atoms with Gasteiger partial charge in [0.05, 0.1) is 18.0 Å². The van der Waals surface area contributed by atoms with Crippen molar-refractivity contribution in [2.75, 3.05) is 20.2 Å². The van der Waals surface area contributed by atoms with E-state index in [9.17, 15) is 9.59 Å². The number of benzene rings is 1. The van der Waals surface area contributed by atoms with Gasteiger partial charge in [-0.05, 0) is 47.0 Å². The lowest BCUT2D eigenvalue weighted by Gasteiger charge is -2.20. The Morgan fingerprint density at radius 2 is 2.05 bits per heavy atom. The Morgan fingerprint density at radius 1 is 1.33 bits per heavy atom. The zero-order chi connectivity index (χ0) is 15.8. The molecular weight excluding hydrogens is 338 g/mol. The molecule has 0 aliphatic rings. The molecule has 1 aromatic carbocycles. The van der Waals surface area contributed by atoms with Crippen LogP contribution >= 0.6 is 15.9 Å². The molecule has 5 nitrogen and oxygen atoms in total. The number of halogens is 1. The van der Waals surface area contributed by atoms with Crippen molar-refractivity contribution < 1.29 is 19.4 Å². The summed E-state index contributed by atoms with van der Waals surface area (Å²) in [5, 5.41) is 8.67. The third-order valence-electron chi connectivity index (χ3n) is 3.17. The SMILES string of the molecule is CCN(CCC(=O)O)C(=O)CCc1ccc(OC)c(Br)c1. The third kappa shape index (κ3) is 5.75. The van der Waals surface area contributed by atoms with E-state index < -0.39 is 5.97 Å². The summed E-state index contributed by atoms with van der Waals surface area (Å²) in [4.78, 5) is 24.2. The minimum atomic E-state index is -0.889. The van der Waals surface area contributed by atoms with Crippen molar-refractivity contribution in [3.05, 3.63) is 28.2 Å². The van der Waals surface area contributed by atoms with Crippen molar-refractivity contribution in [3.8, 4) is 5.75 Å². The number of amides is 1. The Balaban J connectivity index is 2.54. The van der Waals surface area contributed by atoms with E-state index in [1.54, 1.807) is 12.0 Å². The van der Waals surface area contributed by atoms with Gasteiger partial charge in [0.25, 0.3) is 0 Å². The molecule has 21 heavy (non-hydrogen) atoms. The first-order valence-electron chi connectivity index (χ1n) is 6.80. The molecule has 0 radical (unpaired) electrons. The molecule has 0 atom stereocenters. The molecule has 1 aromatic rings. The summed E-state index contributed by atoms with van der Waals surface area (Å²) in [7, 11) is 1.60. The average molecular weight is 358 g/mol. The summed E-state index contributed by atoms with van der Waals surface area (Å²) in [6.07, 6.45) is 0.963. The van der Waals surface area contributed by atoms with Crippen molar-refractivity contribution in [1.29, 1.82) is 0 Å². The van der Waals surface area contributed by atoms with Gasteiger partial charge in [0, 0.05) is 19.5 Å². The number of aliphatic carboxylic acids is 1. The molecule has 0 spiro atoms. The highest BCUT2D eigenvalue weighted by Crippen LogP contribution is 2.26. The highest BCUT2D eigenvalue weighted by Gasteiger charge is 2.13. The zero-order valence-electron chi connectivity index (χ0n) is 12.3. The number of ether oxygens (including phenoxy) is 1. The number of hydrogen-bond donors (Lipinski definition) is 1. The van der Waals surface area contributed by atoms with Gasteiger partial charge in [0.1, 0.15) is 5.75 Å². The predicted octanol–water partition coefficient (Wildman–Crippen LogP) is 2.71. The second kappa shape index (κ2) is 8.67. The molecular formula is C15H20BrNO4. The number of aryl methyl sites for hydroxylation is 1. The van der Waals surface area contributed by atoms with Crippen LogP contribution in [0, 0.1) is 0 Å². The molecule has 1 N–H and O–H groups in total. The lowest BCUT2D eigenvalue weighted by Crippen LogP contribution is -2.32. The molecule has 0 unspecified atom stereocenters. The number of rotatable bonds is 8. The van der Waals surface area contributed by atoms with Crippen LogP contribution in [-0.4, -0.2) is 42.1 Å². The first-order chi connectivity index (χ1) is 9.97. The molecule has 0 heterocycles. The lowest BCUT2D eigenvalue weighted by molar-refractivity contribution is -0.138. The number of carboxylic acid groups (broad SMARTS) is 1. The van der Waals surface area contributed by atoms with E-state index >= 15 is 0 Å². The van der Waals surface area contributed by atoms with Crippen LogP contribution in [0.3, 0.4) is 0 Å². The fourth-order valence-electron chi connectivity index (χ4n) is 1.96. The monoisotopic (exact) mass is 357 g/mol. The molecule has 0 aliphatic heterocycles. The fourth-order valence-corrected chi connectivity index (χ4v) is 2.55. The van der Waals surface area contributed by atoms with Crippen molar-refractivity contribution in [3.63, 3.8) is 0 Å². The Hall–Kier alpha value is -1.56. The Kier molecular flexibility index (Phi) is 7.22. The zero-order valence-corrected chi connectivity index (χ0v) is 13.9. The van der Waals surface area contributed by atoms with Gasteiger partial charge in [-0.1, -0.05) is 6.07 Å². The van der Waals surface area contributed by atoms with Crippen molar-refractivity contribution in [2.45, 2.75) is 26.2 Å². The second-order valence-electron chi connectivity index (χ2n) is 4.59. The Morgan fingerprint density at radius 3 is 2.57 bits per heavy atom. The number of carbonyl (C=O) groups excluding carboxylic acids is 1. The average Bonchev–Trinajstić information content (AvgIpc) is 2.45. The number of carbonyl (C=O) groups is 2. The molecule has 0 aromatic heterocycles. The van der Waals surface area contributed by atoms with Gasteiger partial charge in [0.2, 0.25) is 5.91 Å². The molecule has 116 valence electrons. The normalized spacial score (nSPS) is 10.2. The molecule has 0 saturated carbocycles. The standard InChI is InChI=1S/C15H20BrNO4/c1-3-17(9-8-15(19)20)14(18)7-5-11-4-6-13(21-2)12(16)10-11/h4,6,10H,3,5,7-9H2,1-2H3,(H,19,20). The number of nitrogens with zero attached hydrogens (tertiary/aromatic N) is 1. The lowest BCUT2D eigenvalue weighted by atomic mass is 10.1. The van der Waals surface area contributed by atoms with Gasteiger partial charge in [-0.15, -0.1) is 0 Å². The van der Waals surface area contributed by atoms with Crippen molar-refractivity contribution in [1.82, 2.24) is 4.90 Å². The molecule has 0 aliphatic carbocycles. The Bertz CT molecular complexity index is 504. The molecule has 0 bridgehead atoms. The molecule has 0 saturated heterocycles. The van der Waals surface area contributed by atoms with Crippen LogP contribution in [0.1, 0.15) is 25.3 Å². The second-order valence-corrected chi connectivity index (χ2v) is 5.44. The van der Waals surface area contributed by atoms with Gasteiger partial charge in [-0.25, -0.2) is 0 Å². The van der Waals surface area contributed by atoms with Crippen LogP contribution in [0.25, 0.3) is 0 Å². The van der Waals surface area contributed by atoms with E-state index in [1.807, 2.05) is 25.1 Å². The first-order valence-corrected chi connectivity index (χ1v) is 7.59. The summed E-state index contributed by atoms with van der Waals surface area (Å²) >= 11 is 3.41. The number of carboxylic acids is 1. The van der Waals surface area contributed by atoms with E-state index in [0.29, 0.717) is 19.4 Å². The van der Waals surface area contributed by atoms with Crippen LogP contribution < -0.4 is 4.74 Å². The maximum Gasteiger partial charge on any atom is 0.305 e. The number of hydrogen-bond acceptors (Lipinski definition) is 3. The highest BCUT2D eigenvalue weighted by molar-refractivity contribution is 9.10. The van der Waals surface area contributed by atoms with Gasteiger partial charge in [0.15, 0.2) is 0 Å². The fraction of sp³-hybridized carbons (Fsp3) is 0.467. The van der Waals surface area contributed by atoms with Gasteiger partial charge >= 0.3 is 5.97 Å². The Labute approximate surface area is 133 Å². The first kappa shape index (κ1) is 17.5. The molecule has 0 fully saturated rings. The van der Waals surface area contributed by atoms with Crippen LogP contribution in [0.15, 0.2) is 22.7 Å². The summed E-state index contributed by atoms with van der Waals surface area (Å²) in [6.45, 7) is 2.64. The van der Waals surface area contributed by atoms with Gasteiger partial charge in [-0.3, -0.25) is 9.59 Å². The van der Waals surface area contributed by atoms with E-state index in [2.05, 4.69) is 15.9 Å². The summed E-state index contributed by atoms with van der Waals surface area (Å²) in [5.41, 5.74) is 1.03. The third-order valence-corrected chi connectivity index (χ3v) is 3.79.